The summed E-state index contributed by atoms with van der Waals surface area (Å²) in [6, 6.07) is 9.68. The fraction of sp³-hybridized carbons (Fsp3) is 0.312. The first-order valence-electron chi connectivity index (χ1n) is 7.15. The van der Waals surface area contributed by atoms with E-state index >= 15 is 0 Å². The molecular formula is C16H20N4O2. The van der Waals surface area contributed by atoms with Crippen LogP contribution in [0.25, 0.3) is 5.69 Å². The Morgan fingerprint density at radius 3 is 2.36 bits per heavy atom. The average molecular weight is 300 g/mol. The molecule has 0 spiro atoms. The molecule has 2 rings (SSSR count). The van der Waals surface area contributed by atoms with E-state index in [1.165, 1.54) is 6.92 Å². The van der Waals surface area contributed by atoms with E-state index in [2.05, 4.69) is 15.7 Å². The van der Waals surface area contributed by atoms with Crippen LogP contribution in [0.3, 0.4) is 0 Å². The Bertz CT molecular complexity index is 677. The van der Waals surface area contributed by atoms with Crippen molar-refractivity contribution >= 4 is 11.8 Å². The second-order valence-electron chi connectivity index (χ2n) is 5.03. The molecule has 6 heteroatoms. The van der Waals surface area contributed by atoms with Gasteiger partial charge in [0.05, 0.1) is 22.6 Å². The minimum Gasteiger partial charge on any atom is -0.355 e. The summed E-state index contributed by atoms with van der Waals surface area (Å²) in [5.41, 5.74) is 2.96. The lowest BCUT2D eigenvalue weighted by molar-refractivity contribution is -0.118. The number of hydrogen-bond donors (Lipinski definition) is 2. The van der Waals surface area contributed by atoms with Crippen molar-refractivity contribution in [1.29, 1.82) is 0 Å². The van der Waals surface area contributed by atoms with Crippen LogP contribution in [0, 0.1) is 13.8 Å². The van der Waals surface area contributed by atoms with Gasteiger partial charge in [-0.15, -0.1) is 0 Å². The molecule has 0 saturated heterocycles. The van der Waals surface area contributed by atoms with E-state index in [1.807, 2.05) is 44.2 Å². The molecule has 22 heavy (non-hydrogen) atoms. The van der Waals surface area contributed by atoms with Gasteiger partial charge >= 0.3 is 0 Å². The molecule has 2 N–H and O–H groups in total. The summed E-state index contributed by atoms with van der Waals surface area (Å²) in [5, 5.41) is 9.88. The quantitative estimate of drug-likeness (QED) is 0.819. The summed E-state index contributed by atoms with van der Waals surface area (Å²) in [4.78, 5) is 23.1. The first kappa shape index (κ1) is 15.8. The number of amides is 2. The lowest BCUT2D eigenvalue weighted by Crippen LogP contribution is -2.34. The molecule has 0 aliphatic rings. The zero-order chi connectivity index (χ0) is 16.1. The fourth-order valence-corrected chi connectivity index (χ4v) is 2.29. The highest BCUT2D eigenvalue weighted by molar-refractivity contribution is 5.96. The topological polar surface area (TPSA) is 76.0 Å². The molecule has 0 aliphatic carbocycles. The van der Waals surface area contributed by atoms with Crippen molar-refractivity contribution in [2.75, 3.05) is 13.1 Å². The number of aryl methyl sites for hydroxylation is 1. The van der Waals surface area contributed by atoms with Crippen molar-refractivity contribution in [2.45, 2.75) is 20.8 Å². The highest BCUT2D eigenvalue weighted by atomic mass is 16.2. The molecule has 1 aromatic heterocycles. The molecule has 0 saturated carbocycles. The molecule has 1 aromatic carbocycles. The molecule has 2 aromatic rings. The van der Waals surface area contributed by atoms with Crippen LogP contribution in [0.5, 0.6) is 0 Å². The van der Waals surface area contributed by atoms with Crippen LogP contribution >= 0.6 is 0 Å². The van der Waals surface area contributed by atoms with Crippen LogP contribution in [-0.4, -0.2) is 34.7 Å². The van der Waals surface area contributed by atoms with Gasteiger partial charge in [0, 0.05) is 20.0 Å². The number of rotatable bonds is 5. The molecule has 0 radical (unpaired) electrons. The molecule has 6 nitrogen and oxygen atoms in total. The first-order chi connectivity index (χ1) is 10.5. The maximum absolute atomic E-state index is 12.3. The second kappa shape index (κ2) is 6.89. The highest BCUT2D eigenvalue weighted by Gasteiger charge is 2.18. The maximum Gasteiger partial charge on any atom is 0.255 e. The number of benzene rings is 1. The fourth-order valence-electron chi connectivity index (χ4n) is 2.29. The van der Waals surface area contributed by atoms with Gasteiger partial charge in [-0.2, -0.15) is 5.10 Å². The monoisotopic (exact) mass is 300 g/mol. The highest BCUT2D eigenvalue weighted by Crippen LogP contribution is 2.17. The minimum atomic E-state index is -0.178. The summed E-state index contributed by atoms with van der Waals surface area (Å²) in [6.07, 6.45) is 0. The van der Waals surface area contributed by atoms with Gasteiger partial charge in [0.25, 0.3) is 5.91 Å². The summed E-state index contributed by atoms with van der Waals surface area (Å²) >= 11 is 0. The smallest absolute Gasteiger partial charge is 0.255 e. The van der Waals surface area contributed by atoms with Gasteiger partial charge in [-0.05, 0) is 26.0 Å². The molecule has 2 amide bonds. The normalized spacial score (nSPS) is 10.3. The van der Waals surface area contributed by atoms with Gasteiger partial charge in [-0.25, -0.2) is 4.68 Å². The largest absolute Gasteiger partial charge is 0.355 e. The molecule has 116 valence electrons. The predicted octanol–water partition coefficient (Wildman–Crippen LogP) is 1.36. The number of para-hydroxylation sites is 1. The van der Waals surface area contributed by atoms with Crippen molar-refractivity contribution in [3.63, 3.8) is 0 Å². The predicted molar refractivity (Wildman–Crippen MR) is 84.1 cm³/mol. The number of nitrogens with zero attached hydrogens (tertiary/aromatic N) is 2. The van der Waals surface area contributed by atoms with Crippen molar-refractivity contribution in [3.8, 4) is 5.69 Å². The first-order valence-corrected chi connectivity index (χ1v) is 7.15. The second-order valence-corrected chi connectivity index (χ2v) is 5.03. The molecule has 0 fully saturated rings. The Morgan fingerprint density at radius 1 is 1.09 bits per heavy atom. The average Bonchev–Trinajstić information content (AvgIpc) is 2.79. The number of hydrogen-bond acceptors (Lipinski definition) is 3. The van der Waals surface area contributed by atoms with Crippen LogP contribution in [0.2, 0.25) is 0 Å². The summed E-state index contributed by atoms with van der Waals surface area (Å²) in [6.45, 7) is 5.92. The Kier molecular flexibility index (Phi) is 4.93. The maximum atomic E-state index is 12.3. The number of carbonyl (C=O) groups excluding carboxylic acids is 2. The third-order valence-corrected chi connectivity index (χ3v) is 3.30. The number of aromatic nitrogens is 2. The SMILES string of the molecule is CC(=O)NCCNC(=O)c1c(C)nn(-c2ccccc2)c1C. The summed E-state index contributed by atoms with van der Waals surface area (Å²) in [7, 11) is 0. The van der Waals surface area contributed by atoms with E-state index in [4.69, 9.17) is 0 Å². The molecule has 1 heterocycles. The number of carbonyl (C=O) groups is 2. The van der Waals surface area contributed by atoms with Gasteiger partial charge in [0.15, 0.2) is 0 Å². The standard InChI is InChI=1S/C16H20N4O2/c1-11-15(16(22)18-10-9-17-13(3)21)12(2)20(19-11)14-7-5-4-6-8-14/h4-8H,9-10H2,1-3H3,(H,17,21)(H,18,22). The Hall–Kier alpha value is -2.63. The zero-order valence-electron chi connectivity index (χ0n) is 13.0. The lowest BCUT2D eigenvalue weighted by Gasteiger charge is -2.07. The van der Waals surface area contributed by atoms with Crippen molar-refractivity contribution in [3.05, 3.63) is 47.3 Å². The van der Waals surface area contributed by atoms with Crippen LogP contribution in [0.4, 0.5) is 0 Å². The van der Waals surface area contributed by atoms with Crippen LogP contribution in [-0.2, 0) is 4.79 Å². The van der Waals surface area contributed by atoms with Crippen molar-refractivity contribution in [1.82, 2.24) is 20.4 Å². The molecule has 0 bridgehead atoms. The van der Waals surface area contributed by atoms with E-state index in [-0.39, 0.29) is 11.8 Å². The van der Waals surface area contributed by atoms with Gasteiger partial charge in [-0.1, -0.05) is 18.2 Å². The third-order valence-electron chi connectivity index (χ3n) is 3.30. The third kappa shape index (κ3) is 3.52. The van der Waals surface area contributed by atoms with Gasteiger partial charge in [-0.3, -0.25) is 9.59 Å². The Balaban J connectivity index is 2.13. The zero-order valence-corrected chi connectivity index (χ0v) is 13.0. The molecule has 0 aliphatic heterocycles. The van der Waals surface area contributed by atoms with E-state index in [9.17, 15) is 9.59 Å². The Morgan fingerprint density at radius 2 is 1.73 bits per heavy atom. The van der Waals surface area contributed by atoms with Crippen molar-refractivity contribution < 1.29 is 9.59 Å². The number of nitrogens with one attached hydrogen (secondary N) is 2. The molecule has 0 unspecified atom stereocenters. The van der Waals surface area contributed by atoms with Gasteiger partial charge in [0.2, 0.25) is 5.91 Å². The van der Waals surface area contributed by atoms with E-state index in [1.54, 1.807) is 4.68 Å². The van der Waals surface area contributed by atoms with E-state index < -0.39 is 0 Å². The van der Waals surface area contributed by atoms with Crippen molar-refractivity contribution in [2.24, 2.45) is 0 Å². The minimum absolute atomic E-state index is 0.112. The van der Waals surface area contributed by atoms with Crippen LogP contribution in [0.15, 0.2) is 30.3 Å². The van der Waals surface area contributed by atoms with E-state index in [0.29, 0.717) is 24.3 Å². The van der Waals surface area contributed by atoms with Crippen LogP contribution < -0.4 is 10.6 Å². The van der Waals surface area contributed by atoms with Gasteiger partial charge in [0.1, 0.15) is 0 Å². The van der Waals surface area contributed by atoms with Gasteiger partial charge < -0.3 is 10.6 Å². The molecular weight excluding hydrogens is 280 g/mol. The van der Waals surface area contributed by atoms with E-state index in [0.717, 1.165) is 11.4 Å². The Labute approximate surface area is 129 Å². The molecule has 0 atom stereocenters. The summed E-state index contributed by atoms with van der Waals surface area (Å²) < 4.78 is 1.76. The lowest BCUT2D eigenvalue weighted by atomic mass is 10.2. The summed E-state index contributed by atoms with van der Waals surface area (Å²) in [5.74, 6) is -0.291. The van der Waals surface area contributed by atoms with Crippen LogP contribution in [0.1, 0.15) is 28.7 Å².